The average Bonchev–Trinajstić information content (AvgIpc) is 2.31. The van der Waals surface area contributed by atoms with Crippen LogP contribution in [0, 0.1) is 13.8 Å². The van der Waals surface area contributed by atoms with Crippen molar-refractivity contribution in [1.82, 2.24) is 0 Å². The predicted molar refractivity (Wildman–Crippen MR) is 80.4 cm³/mol. The Morgan fingerprint density at radius 3 is 2.32 bits per heavy atom. The molecule has 0 saturated heterocycles. The minimum absolute atomic E-state index is 0.0162. The van der Waals surface area contributed by atoms with Gasteiger partial charge in [0.05, 0.1) is 10.0 Å². The highest BCUT2D eigenvalue weighted by Gasteiger charge is 2.13. The fraction of sp³-hybridized carbons (Fsp3) is 0.188. The number of carbonyl (C=O) groups excluding carboxylic acids is 1. The van der Waals surface area contributed by atoms with Gasteiger partial charge in [-0.1, -0.05) is 58.6 Å². The summed E-state index contributed by atoms with van der Waals surface area (Å²) in [6, 6.07) is 11.2. The van der Waals surface area contributed by atoms with Crippen molar-refractivity contribution in [3.8, 4) is 0 Å². The van der Waals surface area contributed by atoms with E-state index < -0.39 is 0 Å². The molecule has 0 fully saturated rings. The molecular formula is C16H14Cl2O. The Morgan fingerprint density at radius 1 is 1.05 bits per heavy atom. The molecule has 2 aromatic carbocycles. The first-order valence-corrected chi connectivity index (χ1v) is 6.77. The first-order chi connectivity index (χ1) is 8.97. The number of rotatable bonds is 3. The Bertz CT molecular complexity index is 612. The van der Waals surface area contributed by atoms with Gasteiger partial charge in [-0.3, -0.25) is 4.79 Å². The molecular weight excluding hydrogens is 279 g/mol. The van der Waals surface area contributed by atoms with E-state index in [-0.39, 0.29) is 5.78 Å². The molecule has 0 saturated carbocycles. The molecule has 0 radical (unpaired) electrons. The van der Waals surface area contributed by atoms with Crippen molar-refractivity contribution in [2.75, 3.05) is 0 Å². The van der Waals surface area contributed by atoms with Crippen LogP contribution in [0.2, 0.25) is 10.0 Å². The zero-order valence-corrected chi connectivity index (χ0v) is 12.3. The third-order valence-corrected chi connectivity index (χ3v) is 3.72. The second-order valence-corrected chi connectivity index (χ2v) is 5.48. The van der Waals surface area contributed by atoms with Crippen molar-refractivity contribution in [1.29, 1.82) is 0 Å². The summed E-state index contributed by atoms with van der Waals surface area (Å²) < 4.78 is 0. The number of ketones is 1. The van der Waals surface area contributed by atoms with Crippen LogP contribution in [0.15, 0.2) is 36.4 Å². The number of halogens is 2. The summed E-state index contributed by atoms with van der Waals surface area (Å²) in [6.45, 7) is 4.04. The van der Waals surface area contributed by atoms with Crippen LogP contribution in [0.3, 0.4) is 0 Å². The van der Waals surface area contributed by atoms with E-state index in [0.29, 0.717) is 22.0 Å². The lowest BCUT2D eigenvalue weighted by atomic mass is 10.00. The van der Waals surface area contributed by atoms with Gasteiger partial charge in [0.1, 0.15) is 0 Å². The summed E-state index contributed by atoms with van der Waals surface area (Å²) in [5.74, 6) is -0.0162. The van der Waals surface area contributed by atoms with Gasteiger partial charge in [0.15, 0.2) is 5.78 Å². The number of hydrogen-bond donors (Lipinski definition) is 0. The first-order valence-electron chi connectivity index (χ1n) is 6.02. The third-order valence-electron chi connectivity index (χ3n) is 2.90. The number of aryl methyl sites for hydroxylation is 2. The summed E-state index contributed by atoms with van der Waals surface area (Å²) in [6.07, 6.45) is 0.336. The van der Waals surface area contributed by atoms with Gasteiger partial charge in [0.25, 0.3) is 0 Å². The largest absolute Gasteiger partial charge is 0.294 e. The van der Waals surface area contributed by atoms with Gasteiger partial charge >= 0.3 is 0 Å². The molecule has 98 valence electrons. The SMILES string of the molecule is Cc1cc(C)cc(CC(=O)c2cccc(Cl)c2Cl)c1. The van der Waals surface area contributed by atoms with Crippen LogP contribution in [0.25, 0.3) is 0 Å². The molecule has 0 bridgehead atoms. The highest BCUT2D eigenvalue weighted by atomic mass is 35.5. The van der Waals surface area contributed by atoms with Crippen LogP contribution in [0.1, 0.15) is 27.0 Å². The standard InChI is InChI=1S/C16H14Cl2O/c1-10-6-11(2)8-12(7-10)9-15(19)13-4-3-5-14(17)16(13)18/h3-8H,9H2,1-2H3. The maximum atomic E-state index is 12.3. The van der Waals surface area contributed by atoms with E-state index in [1.165, 1.54) is 0 Å². The Kier molecular flexibility index (Phi) is 4.28. The van der Waals surface area contributed by atoms with Crippen LogP contribution in [-0.4, -0.2) is 5.78 Å². The maximum absolute atomic E-state index is 12.3. The van der Waals surface area contributed by atoms with Crippen molar-refractivity contribution in [3.05, 3.63) is 68.7 Å². The molecule has 0 aliphatic rings. The molecule has 0 spiro atoms. The first kappa shape index (κ1) is 14.1. The molecule has 2 aromatic rings. The van der Waals surface area contributed by atoms with E-state index in [4.69, 9.17) is 23.2 Å². The monoisotopic (exact) mass is 292 g/mol. The van der Waals surface area contributed by atoms with Gasteiger partial charge in [-0.25, -0.2) is 0 Å². The lowest BCUT2D eigenvalue weighted by Gasteiger charge is -2.07. The van der Waals surface area contributed by atoms with Crippen LogP contribution in [-0.2, 0) is 6.42 Å². The Morgan fingerprint density at radius 2 is 1.68 bits per heavy atom. The Labute approximate surface area is 123 Å². The fourth-order valence-electron chi connectivity index (χ4n) is 2.17. The fourth-order valence-corrected chi connectivity index (χ4v) is 2.58. The normalized spacial score (nSPS) is 10.5. The van der Waals surface area contributed by atoms with Gasteiger partial charge in [0.2, 0.25) is 0 Å². The zero-order valence-electron chi connectivity index (χ0n) is 10.8. The molecule has 0 N–H and O–H groups in total. The minimum atomic E-state index is -0.0162. The minimum Gasteiger partial charge on any atom is -0.294 e. The van der Waals surface area contributed by atoms with E-state index in [0.717, 1.165) is 16.7 Å². The van der Waals surface area contributed by atoms with Crippen LogP contribution in [0.4, 0.5) is 0 Å². The van der Waals surface area contributed by atoms with Crippen molar-refractivity contribution in [2.24, 2.45) is 0 Å². The van der Waals surface area contributed by atoms with E-state index in [1.54, 1.807) is 18.2 Å². The van der Waals surface area contributed by atoms with E-state index in [1.807, 2.05) is 26.0 Å². The summed E-state index contributed by atoms with van der Waals surface area (Å²) in [7, 11) is 0. The van der Waals surface area contributed by atoms with Crippen LogP contribution < -0.4 is 0 Å². The number of carbonyl (C=O) groups is 1. The molecule has 19 heavy (non-hydrogen) atoms. The van der Waals surface area contributed by atoms with Gasteiger partial charge in [-0.2, -0.15) is 0 Å². The number of benzene rings is 2. The number of Topliss-reactive ketones (excluding diaryl/α,β-unsaturated/α-hetero) is 1. The van der Waals surface area contributed by atoms with Crippen molar-refractivity contribution < 1.29 is 4.79 Å². The molecule has 0 amide bonds. The molecule has 1 nitrogen and oxygen atoms in total. The van der Waals surface area contributed by atoms with Crippen molar-refractivity contribution in [3.63, 3.8) is 0 Å². The van der Waals surface area contributed by atoms with E-state index >= 15 is 0 Å². The molecule has 0 aromatic heterocycles. The molecule has 0 unspecified atom stereocenters. The van der Waals surface area contributed by atoms with Gasteiger partial charge in [-0.05, 0) is 31.5 Å². The summed E-state index contributed by atoms with van der Waals surface area (Å²) in [4.78, 5) is 12.3. The Hall–Kier alpha value is -1.31. The Balaban J connectivity index is 2.28. The summed E-state index contributed by atoms with van der Waals surface area (Å²) in [5, 5.41) is 0.742. The number of hydrogen-bond acceptors (Lipinski definition) is 1. The van der Waals surface area contributed by atoms with Crippen LogP contribution >= 0.6 is 23.2 Å². The molecule has 0 atom stereocenters. The van der Waals surface area contributed by atoms with E-state index in [9.17, 15) is 4.79 Å². The predicted octanol–water partition coefficient (Wildman–Crippen LogP) is 5.04. The highest BCUT2D eigenvalue weighted by Crippen LogP contribution is 2.26. The maximum Gasteiger partial charge on any atom is 0.168 e. The topological polar surface area (TPSA) is 17.1 Å². The highest BCUT2D eigenvalue weighted by molar-refractivity contribution is 6.43. The average molecular weight is 293 g/mol. The molecule has 0 heterocycles. The summed E-state index contributed by atoms with van der Waals surface area (Å²) >= 11 is 12.0. The van der Waals surface area contributed by atoms with Gasteiger partial charge in [0, 0.05) is 12.0 Å². The molecule has 3 heteroatoms. The third kappa shape index (κ3) is 3.37. The lowest BCUT2D eigenvalue weighted by molar-refractivity contribution is 0.0993. The van der Waals surface area contributed by atoms with Gasteiger partial charge < -0.3 is 0 Å². The smallest absolute Gasteiger partial charge is 0.168 e. The van der Waals surface area contributed by atoms with Crippen molar-refractivity contribution in [2.45, 2.75) is 20.3 Å². The van der Waals surface area contributed by atoms with Crippen LogP contribution in [0.5, 0.6) is 0 Å². The summed E-state index contributed by atoms with van der Waals surface area (Å²) in [5.41, 5.74) is 3.78. The van der Waals surface area contributed by atoms with Crippen molar-refractivity contribution >= 4 is 29.0 Å². The quantitative estimate of drug-likeness (QED) is 0.725. The lowest BCUT2D eigenvalue weighted by Crippen LogP contribution is -2.05. The molecule has 0 aliphatic carbocycles. The molecule has 2 rings (SSSR count). The van der Waals surface area contributed by atoms with E-state index in [2.05, 4.69) is 6.07 Å². The molecule has 0 aliphatic heterocycles. The second-order valence-electron chi connectivity index (χ2n) is 4.70. The zero-order chi connectivity index (χ0) is 14.0. The van der Waals surface area contributed by atoms with Gasteiger partial charge in [-0.15, -0.1) is 0 Å². The second kappa shape index (κ2) is 5.77.